The number of carbonyl (C=O) groups excluding carboxylic acids is 2. The second kappa shape index (κ2) is 16.6. The second-order valence-corrected chi connectivity index (χ2v) is 11.9. The minimum atomic E-state index is -0.283. The molecule has 0 aliphatic carbocycles. The van der Waals surface area contributed by atoms with Gasteiger partial charge in [-0.2, -0.15) is 0 Å². The summed E-state index contributed by atoms with van der Waals surface area (Å²) >= 11 is 6.10. The van der Waals surface area contributed by atoms with Gasteiger partial charge in [0.05, 0.1) is 6.04 Å². The van der Waals surface area contributed by atoms with Gasteiger partial charge < -0.3 is 20.4 Å². The zero-order chi connectivity index (χ0) is 29.7. The third-order valence-corrected chi connectivity index (χ3v) is 8.59. The van der Waals surface area contributed by atoms with E-state index in [0.717, 1.165) is 62.8 Å². The Balaban J connectivity index is 1.38. The zero-order valence-corrected chi connectivity index (χ0v) is 26.0. The first kappa shape index (κ1) is 32.0. The summed E-state index contributed by atoms with van der Waals surface area (Å²) in [5.74, 6) is 0.357. The number of hydrogen-bond donors (Lipinski definition) is 2. The number of rotatable bonds is 15. The maximum absolute atomic E-state index is 14.0. The first-order valence-corrected chi connectivity index (χ1v) is 16.1. The van der Waals surface area contributed by atoms with Crippen LogP contribution in [0.3, 0.4) is 0 Å². The lowest BCUT2D eigenvalue weighted by Gasteiger charge is -2.33. The van der Waals surface area contributed by atoms with E-state index < -0.39 is 0 Å². The number of nitrogens with zero attached hydrogens (tertiary/aromatic N) is 2. The van der Waals surface area contributed by atoms with Crippen molar-refractivity contribution in [2.75, 3.05) is 45.8 Å². The number of hydrogen-bond acceptors (Lipinski definition) is 4. The Hall–Kier alpha value is -2.93. The number of fused-ring (bicyclic) bond motifs is 1. The van der Waals surface area contributed by atoms with Crippen LogP contribution in [-0.2, 0) is 4.79 Å². The minimum Gasteiger partial charge on any atom is -0.351 e. The van der Waals surface area contributed by atoms with Crippen molar-refractivity contribution in [2.45, 2.75) is 64.3 Å². The molecule has 0 saturated carbocycles. The van der Waals surface area contributed by atoms with Crippen LogP contribution < -0.4 is 10.6 Å². The smallest absolute Gasteiger partial charge is 0.251 e. The predicted octanol–water partition coefficient (Wildman–Crippen LogP) is 6.49. The molecule has 0 radical (unpaired) electrons. The largest absolute Gasteiger partial charge is 0.351 e. The summed E-state index contributed by atoms with van der Waals surface area (Å²) in [4.78, 5) is 31.5. The van der Waals surface area contributed by atoms with Gasteiger partial charge in [0.15, 0.2) is 0 Å². The van der Waals surface area contributed by atoms with Gasteiger partial charge in [-0.1, -0.05) is 74.3 Å². The van der Waals surface area contributed by atoms with Crippen LogP contribution >= 0.6 is 11.6 Å². The van der Waals surface area contributed by atoms with E-state index in [2.05, 4.69) is 58.5 Å². The Morgan fingerprint density at radius 1 is 0.929 bits per heavy atom. The molecule has 2 N–H and O–H groups in total. The van der Waals surface area contributed by atoms with E-state index in [1.165, 1.54) is 24.8 Å². The summed E-state index contributed by atoms with van der Waals surface area (Å²) in [6.07, 6.45) is 6.43. The monoisotopic (exact) mass is 590 g/mol. The van der Waals surface area contributed by atoms with E-state index >= 15 is 0 Å². The molecule has 2 amide bonds. The first-order chi connectivity index (χ1) is 20.5. The Labute approximate surface area is 256 Å². The molecule has 42 heavy (non-hydrogen) atoms. The molecule has 3 aromatic carbocycles. The predicted molar refractivity (Wildman–Crippen MR) is 174 cm³/mol. The maximum Gasteiger partial charge on any atom is 0.251 e. The maximum atomic E-state index is 14.0. The molecular weight excluding hydrogens is 544 g/mol. The lowest BCUT2D eigenvalue weighted by molar-refractivity contribution is -0.134. The van der Waals surface area contributed by atoms with Gasteiger partial charge >= 0.3 is 0 Å². The zero-order valence-electron chi connectivity index (χ0n) is 25.3. The summed E-state index contributed by atoms with van der Waals surface area (Å²) in [5.41, 5.74) is 1.90. The highest BCUT2D eigenvalue weighted by molar-refractivity contribution is 6.31. The van der Waals surface area contributed by atoms with Gasteiger partial charge in [0.2, 0.25) is 5.91 Å². The molecule has 2 unspecified atom stereocenters. The van der Waals surface area contributed by atoms with Crippen LogP contribution in [-0.4, -0.2) is 73.5 Å². The van der Waals surface area contributed by atoms with E-state index in [1.807, 2.05) is 42.5 Å². The summed E-state index contributed by atoms with van der Waals surface area (Å²) < 4.78 is 0. The molecule has 0 bridgehead atoms. The van der Waals surface area contributed by atoms with E-state index in [1.54, 1.807) is 0 Å². The number of benzene rings is 3. The standard InChI is InChI=1S/C35H47ClN4O2/c1-3-20-40(26-27(4-2)28-11-7-5-8-12-28)35(42)33(17-23-39-21-9-6-10-22-39)37-18-19-38-34(41)31-14-13-30-25-32(36)16-15-29(30)24-31/h5,7-8,11-16,24-25,27,33,37H,3-4,6,9-10,17-23,26H2,1-2H3,(H,38,41). The van der Waals surface area contributed by atoms with Crippen molar-refractivity contribution in [1.29, 1.82) is 0 Å². The summed E-state index contributed by atoms with van der Waals surface area (Å²) in [6.45, 7) is 9.91. The van der Waals surface area contributed by atoms with Gasteiger partial charge in [-0.05, 0) is 85.8 Å². The number of carbonyl (C=O) groups is 2. The van der Waals surface area contributed by atoms with Crippen LogP contribution in [0.5, 0.6) is 0 Å². The van der Waals surface area contributed by atoms with E-state index in [4.69, 9.17) is 11.6 Å². The highest BCUT2D eigenvalue weighted by Crippen LogP contribution is 2.22. The lowest BCUT2D eigenvalue weighted by atomic mass is 9.95. The van der Waals surface area contributed by atoms with Crippen molar-refractivity contribution in [3.05, 3.63) is 82.9 Å². The third kappa shape index (κ3) is 9.29. The number of nitrogens with one attached hydrogen (secondary N) is 2. The molecule has 1 aliphatic heterocycles. The van der Waals surface area contributed by atoms with E-state index in [0.29, 0.717) is 29.6 Å². The molecule has 2 atom stereocenters. The number of amides is 2. The van der Waals surface area contributed by atoms with Crippen LogP contribution in [0.4, 0.5) is 0 Å². The lowest BCUT2D eigenvalue weighted by Crippen LogP contribution is -2.50. The van der Waals surface area contributed by atoms with E-state index in [-0.39, 0.29) is 17.9 Å². The number of halogens is 1. The Morgan fingerprint density at radius 2 is 1.67 bits per heavy atom. The summed E-state index contributed by atoms with van der Waals surface area (Å²) in [7, 11) is 0. The number of piperidine rings is 1. The third-order valence-electron chi connectivity index (χ3n) is 8.36. The van der Waals surface area contributed by atoms with Crippen LogP contribution in [0.2, 0.25) is 5.02 Å². The molecule has 1 aliphatic rings. The van der Waals surface area contributed by atoms with Crippen molar-refractivity contribution in [3.63, 3.8) is 0 Å². The highest BCUT2D eigenvalue weighted by Gasteiger charge is 2.27. The molecule has 7 heteroatoms. The molecule has 6 nitrogen and oxygen atoms in total. The molecule has 1 fully saturated rings. The van der Waals surface area contributed by atoms with Crippen molar-refractivity contribution in [2.24, 2.45) is 0 Å². The average Bonchev–Trinajstić information content (AvgIpc) is 3.02. The first-order valence-electron chi connectivity index (χ1n) is 15.8. The van der Waals surface area contributed by atoms with Crippen LogP contribution in [0.25, 0.3) is 10.8 Å². The van der Waals surface area contributed by atoms with Crippen molar-refractivity contribution >= 4 is 34.2 Å². The van der Waals surface area contributed by atoms with Crippen molar-refractivity contribution < 1.29 is 9.59 Å². The molecule has 4 rings (SSSR count). The fourth-order valence-electron chi connectivity index (χ4n) is 5.93. The Kier molecular flexibility index (Phi) is 12.7. The van der Waals surface area contributed by atoms with Gasteiger partial charge in [-0.25, -0.2) is 0 Å². The average molecular weight is 591 g/mol. The molecule has 226 valence electrons. The van der Waals surface area contributed by atoms with Gasteiger partial charge in [0, 0.05) is 49.2 Å². The van der Waals surface area contributed by atoms with Crippen LogP contribution in [0.1, 0.15) is 74.2 Å². The fourth-order valence-corrected chi connectivity index (χ4v) is 6.11. The van der Waals surface area contributed by atoms with Gasteiger partial charge in [-0.3, -0.25) is 9.59 Å². The molecule has 1 heterocycles. The molecular formula is C35H47ClN4O2. The Morgan fingerprint density at radius 3 is 2.40 bits per heavy atom. The quantitative estimate of drug-likeness (QED) is 0.199. The minimum absolute atomic E-state index is 0.119. The fraction of sp³-hybridized carbons (Fsp3) is 0.486. The topological polar surface area (TPSA) is 64.7 Å². The summed E-state index contributed by atoms with van der Waals surface area (Å²) in [5, 5.41) is 9.21. The molecule has 3 aromatic rings. The Bertz CT molecular complexity index is 1280. The van der Waals surface area contributed by atoms with Crippen LogP contribution in [0.15, 0.2) is 66.7 Å². The normalized spacial score (nSPS) is 15.3. The highest BCUT2D eigenvalue weighted by atomic mass is 35.5. The van der Waals surface area contributed by atoms with Crippen LogP contribution in [0, 0.1) is 0 Å². The molecule has 0 spiro atoms. The SMILES string of the molecule is CCCN(CC(CC)c1ccccc1)C(=O)C(CCN1CCCCC1)NCCNC(=O)c1ccc2cc(Cl)ccc2c1. The van der Waals surface area contributed by atoms with Gasteiger partial charge in [0.1, 0.15) is 0 Å². The van der Waals surface area contributed by atoms with Crippen molar-refractivity contribution in [1.82, 2.24) is 20.4 Å². The number of likely N-dealkylation sites (tertiary alicyclic amines) is 1. The molecule has 1 saturated heterocycles. The van der Waals surface area contributed by atoms with Crippen molar-refractivity contribution in [3.8, 4) is 0 Å². The molecule has 0 aromatic heterocycles. The van der Waals surface area contributed by atoms with Gasteiger partial charge in [-0.15, -0.1) is 0 Å². The van der Waals surface area contributed by atoms with Gasteiger partial charge in [0.25, 0.3) is 5.91 Å². The second-order valence-electron chi connectivity index (χ2n) is 11.5. The van der Waals surface area contributed by atoms with E-state index in [9.17, 15) is 9.59 Å². The summed E-state index contributed by atoms with van der Waals surface area (Å²) in [6, 6.07) is 21.5.